The Morgan fingerprint density at radius 2 is 2.16 bits per heavy atom. The number of nitrogens with zero attached hydrogens (tertiary/aromatic N) is 1. The van der Waals surface area contributed by atoms with E-state index in [1.807, 2.05) is 43.3 Å². The van der Waals surface area contributed by atoms with Crippen molar-refractivity contribution >= 4 is 11.6 Å². The average molecular weight is 256 g/mol. The molecule has 98 valence electrons. The van der Waals surface area contributed by atoms with E-state index in [0.29, 0.717) is 13.1 Å². The fourth-order valence-electron chi connectivity index (χ4n) is 2.35. The quantitative estimate of drug-likeness (QED) is 0.896. The van der Waals surface area contributed by atoms with Crippen molar-refractivity contribution in [1.29, 1.82) is 0 Å². The third kappa shape index (κ3) is 2.27. The van der Waals surface area contributed by atoms with Gasteiger partial charge in [-0.05, 0) is 30.7 Å². The third-order valence-electron chi connectivity index (χ3n) is 3.41. The van der Waals surface area contributed by atoms with E-state index < -0.39 is 0 Å². The number of para-hydroxylation sites is 1. The zero-order valence-corrected chi connectivity index (χ0v) is 10.8. The minimum atomic E-state index is -0.192. The first-order valence-corrected chi connectivity index (χ1v) is 6.41. The summed E-state index contributed by atoms with van der Waals surface area (Å²) in [6.07, 6.45) is 1.63. The van der Waals surface area contributed by atoms with Crippen molar-refractivity contribution in [3.63, 3.8) is 0 Å². The molecule has 4 heteroatoms. The molecule has 0 radical (unpaired) electrons. The number of hydrogen-bond acceptors (Lipinski definition) is 3. The zero-order chi connectivity index (χ0) is 13.2. The summed E-state index contributed by atoms with van der Waals surface area (Å²) < 4.78 is 5.36. The van der Waals surface area contributed by atoms with Gasteiger partial charge in [0.1, 0.15) is 5.76 Å². The van der Waals surface area contributed by atoms with Crippen LogP contribution in [-0.4, -0.2) is 11.9 Å². The molecule has 0 aliphatic carbocycles. The van der Waals surface area contributed by atoms with E-state index >= 15 is 0 Å². The van der Waals surface area contributed by atoms with Crippen LogP contribution in [0.5, 0.6) is 0 Å². The molecule has 2 heterocycles. The number of nitrogens with one attached hydrogen (secondary N) is 1. The van der Waals surface area contributed by atoms with Gasteiger partial charge >= 0.3 is 0 Å². The Hall–Kier alpha value is -2.07. The van der Waals surface area contributed by atoms with Crippen LogP contribution in [0.1, 0.15) is 18.2 Å². The van der Waals surface area contributed by atoms with Gasteiger partial charge in [0, 0.05) is 12.2 Å². The number of carbonyl (C=O) groups excluding carboxylic acids is 1. The van der Waals surface area contributed by atoms with E-state index in [0.717, 1.165) is 17.0 Å². The molecule has 1 aliphatic rings. The lowest BCUT2D eigenvalue weighted by Crippen LogP contribution is -2.41. The summed E-state index contributed by atoms with van der Waals surface area (Å²) in [6.45, 7) is 3.07. The highest BCUT2D eigenvalue weighted by molar-refractivity contribution is 5.98. The fourth-order valence-corrected chi connectivity index (χ4v) is 2.35. The number of furan rings is 1. The van der Waals surface area contributed by atoms with Gasteiger partial charge in [-0.15, -0.1) is 0 Å². The SMILES string of the molecule is CC1NCc2ccccc2N(Cc2ccco2)C1=O. The standard InChI is InChI=1S/C15H16N2O2/c1-11-15(18)17(10-13-6-4-8-19-13)14-7-3-2-5-12(14)9-16-11/h2-8,11,16H,9-10H2,1H3. The number of hydrogen-bond donors (Lipinski definition) is 1. The van der Waals surface area contributed by atoms with Crippen molar-refractivity contribution in [2.24, 2.45) is 0 Å². The molecule has 1 amide bonds. The van der Waals surface area contributed by atoms with E-state index in [2.05, 4.69) is 5.32 Å². The molecular formula is C15H16N2O2. The number of anilines is 1. The Balaban J connectivity index is 2.00. The van der Waals surface area contributed by atoms with Crippen LogP contribution < -0.4 is 10.2 Å². The molecule has 4 nitrogen and oxygen atoms in total. The smallest absolute Gasteiger partial charge is 0.244 e. The molecular weight excluding hydrogens is 240 g/mol. The van der Waals surface area contributed by atoms with Crippen molar-refractivity contribution in [3.8, 4) is 0 Å². The number of amides is 1. The number of carbonyl (C=O) groups is 1. The molecule has 1 aromatic heterocycles. The molecule has 0 bridgehead atoms. The lowest BCUT2D eigenvalue weighted by Gasteiger charge is -2.23. The molecule has 0 saturated carbocycles. The van der Waals surface area contributed by atoms with Gasteiger partial charge in [-0.1, -0.05) is 18.2 Å². The van der Waals surface area contributed by atoms with Crippen LogP contribution >= 0.6 is 0 Å². The van der Waals surface area contributed by atoms with Gasteiger partial charge < -0.3 is 14.6 Å². The van der Waals surface area contributed by atoms with Crippen LogP contribution in [0.25, 0.3) is 0 Å². The Morgan fingerprint density at radius 3 is 2.95 bits per heavy atom. The normalized spacial score (nSPS) is 19.1. The van der Waals surface area contributed by atoms with E-state index in [4.69, 9.17) is 4.42 Å². The van der Waals surface area contributed by atoms with E-state index in [1.54, 1.807) is 11.2 Å². The molecule has 1 unspecified atom stereocenters. The number of fused-ring (bicyclic) bond motifs is 1. The summed E-state index contributed by atoms with van der Waals surface area (Å²) in [5.74, 6) is 0.860. The Labute approximate surface area is 112 Å². The van der Waals surface area contributed by atoms with Gasteiger partial charge in [-0.2, -0.15) is 0 Å². The van der Waals surface area contributed by atoms with Crippen molar-refractivity contribution in [2.45, 2.75) is 26.1 Å². The molecule has 2 aromatic rings. The van der Waals surface area contributed by atoms with Crippen LogP contribution in [0, 0.1) is 0 Å². The zero-order valence-electron chi connectivity index (χ0n) is 10.8. The second kappa shape index (κ2) is 4.90. The van der Waals surface area contributed by atoms with Crippen LogP contribution in [0.3, 0.4) is 0 Å². The van der Waals surface area contributed by atoms with E-state index in [9.17, 15) is 4.79 Å². The minimum Gasteiger partial charge on any atom is -0.467 e. The molecule has 0 spiro atoms. The summed E-state index contributed by atoms with van der Waals surface area (Å²) in [5, 5.41) is 3.24. The fraction of sp³-hybridized carbons (Fsp3) is 0.267. The predicted octanol–water partition coefficient (Wildman–Crippen LogP) is 2.30. The minimum absolute atomic E-state index is 0.0707. The van der Waals surface area contributed by atoms with E-state index in [-0.39, 0.29) is 11.9 Å². The first-order valence-electron chi connectivity index (χ1n) is 6.41. The summed E-state index contributed by atoms with van der Waals surface area (Å²) in [5.41, 5.74) is 2.09. The first-order chi connectivity index (χ1) is 9.25. The average Bonchev–Trinajstić information content (AvgIpc) is 2.91. The topological polar surface area (TPSA) is 45.5 Å². The second-order valence-corrected chi connectivity index (χ2v) is 4.74. The third-order valence-corrected chi connectivity index (χ3v) is 3.41. The van der Waals surface area contributed by atoms with Crippen molar-refractivity contribution in [1.82, 2.24) is 5.32 Å². The predicted molar refractivity (Wildman–Crippen MR) is 72.6 cm³/mol. The maximum Gasteiger partial charge on any atom is 0.244 e. The largest absolute Gasteiger partial charge is 0.467 e. The monoisotopic (exact) mass is 256 g/mol. The molecule has 1 aromatic carbocycles. The highest BCUT2D eigenvalue weighted by Crippen LogP contribution is 2.25. The Morgan fingerprint density at radius 1 is 1.32 bits per heavy atom. The van der Waals surface area contributed by atoms with Crippen LogP contribution in [0.2, 0.25) is 0 Å². The maximum atomic E-state index is 12.5. The maximum absolute atomic E-state index is 12.5. The van der Waals surface area contributed by atoms with Gasteiger partial charge in [0.25, 0.3) is 0 Å². The van der Waals surface area contributed by atoms with Crippen LogP contribution in [0.15, 0.2) is 47.1 Å². The number of rotatable bonds is 2. The molecule has 19 heavy (non-hydrogen) atoms. The molecule has 0 saturated heterocycles. The molecule has 1 N–H and O–H groups in total. The Bertz CT molecular complexity index is 578. The molecule has 1 atom stereocenters. The Kier molecular flexibility index (Phi) is 3.09. The lowest BCUT2D eigenvalue weighted by atomic mass is 10.1. The van der Waals surface area contributed by atoms with Crippen molar-refractivity contribution in [2.75, 3.05) is 4.90 Å². The molecule has 1 aliphatic heterocycles. The highest BCUT2D eigenvalue weighted by atomic mass is 16.3. The van der Waals surface area contributed by atoms with Gasteiger partial charge in [0.2, 0.25) is 5.91 Å². The highest BCUT2D eigenvalue weighted by Gasteiger charge is 2.27. The van der Waals surface area contributed by atoms with Crippen molar-refractivity contribution < 1.29 is 9.21 Å². The summed E-state index contributed by atoms with van der Waals surface area (Å²) in [6, 6.07) is 11.5. The summed E-state index contributed by atoms with van der Waals surface area (Å²) in [4.78, 5) is 14.2. The first kappa shape index (κ1) is 12.0. The van der Waals surface area contributed by atoms with Crippen molar-refractivity contribution in [3.05, 3.63) is 54.0 Å². The molecule has 3 rings (SSSR count). The van der Waals surface area contributed by atoms with Gasteiger partial charge in [0.05, 0.1) is 18.8 Å². The lowest BCUT2D eigenvalue weighted by molar-refractivity contribution is -0.120. The van der Waals surface area contributed by atoms with Gasteiger partial charge in [-0.25, -0.2) is 0 Å². The van der Waals surface area contributed by atoms with E-state index in [1.165, 1.54) is 0 Å². The van der Waals surface area contributed by atoms with Gasteiger partial charge in [-0.3, -0.25) is 4.79 Å². The molecule has 0 fully saturated rings. The number of benzene rings is 1. The van der Waals surface area contributed by atoms with Gasteiger partial charge in [0.15, 0.2) is 0 Å². The van der Waals surface area contributed by atoms with Crippen LogP contribution in [-0.2, 0) is 17.9 Å². The summed E-state index contributed by atoms with van der Waals surface area (Å²) in [7, 11) is 0. The second-order valence-electron chi connectivity index (χ2n) is 4.74. The summed E-state index contributed by atoms with van der Waals surface area (Å²) >= 11 is 0. The van der Waals surface area contributed by atoms with Crippen LogP contribution in [0.4, 0.5) is 5.69 Å².